The monoisotopic (exact) mass is 329 g/mol. The number of carbonyl (C=O) groups excluding carboxylic acids is 1. The lowest BCUT2D eigenvalue weighted by Crippen LogP contribution is -2.56. The lowest BCUT2D eigenvalue weighted by atomic mass is 9.56. The minimum absolute atomic E-state index is 0.148. The van der Waals surface area contributed by atoms with Crippen molar-refractivity contribution in [3.63, 3.8) is 0 Å². The average Bonchev–Trinajstić information content (AvgIpc) is 2.54. The quantitative estimate of drug-likeness (QED) is 0.831. The standard InChI is InChI=1S/C20H27NO3/c1-13-10-14(2)20(11-23-16(4)18(13)15(20)3)12-24-19(22)21-17-8-6-5-7-9-17/h5-10,14-16,18H,11-12H2,1-4H3,(H,21,22)/t14-,15-,16+,18-,20+/m1/s1. The number of benzene rings is 1. The van der Waals surface area contributed by atoms with Gasteiger partial charge in [-0.2, -0.15) is 0 Å². The summed E-state index contributed by atoms with van der Waals surface area (Å²) < 4.78 is 11.7. The van der Waals surface area contributed by atoms with Crippen LogP contribution >= 0.6 is 0 Å². The number of rotatable bonds is 3. The highest BCUT2D eigenvalue weighted by Gasteiger charge is 2.53. The van der Waals surface area contributed by atoms with Crippen LogP contribution in [-0.4, -0.2) is 25.4 Å². The first-order chi connectivity index (χ1) is 11.4. The van der Waals surface area contributed by atoms with Crippen LogP contribution in [0.3, 0.4) is 0 Å². The molecule has 130 valence electrons. The SMILES string of the molecule is CC1=C[C@@H](C)[C@@]2(COC(=O)Nc3ccccc3)CO[C@@H](C)[C@H]1[C@H]2C. The molecule has 1 N–H and O–H groups in total. The molecule has 0 saturated carbocycles. The Balaban J connectivity index is 1.70. The molecule has 0 radical (unpaired) electrons. The van der Waals surface area contributed by atoms with Crippen molar-refractivity contribution >= 4 is 11.8 Å². The number of ether oxygens (including phenoxy) is 2. The second kappa shape index (κ2) is 6.60. The Morgan fingerprint density at radius 1 is 1.29 bits per heavy atom. The predicted molar refractivity (Wildman–Crippen MR) is 94.8 cm³/mol. The minimum Gasteiger partial charge on any atom is -0.449 e. The van der Waals surface area contributed by atoms with Crippen molar-refractivity contribution in [2.45, 2.75) is 33.8 Å². The van der Waals surface area contributed by atoms with Crippen LogP contribution in [-0.2, 0) is 9.47 Å². The molecule has 0 unspecified atom stereocenters. The maximum Gasteiger partial charge on any atom is 0.411 e. The zero-order valence-electron chi connectivity index (χ0n) is 14.9. The molecule has 1 heterocycles. The van der Waals surface area contributed by atoms with Crippen molar-refractivity contribution in [2.75, 3.05) is 18.5 Å². The minimum atomic E-state index is -0.406. The average molecular weight is 329 g/mol. The molecule has 5 atom stereocenters. The van der Waals surface area contributed by atoms with Gasteiger partial charge in [-0.1, -0.05) is 43.7 Å². The molecule has 1 aliphatic heterocycles. The highest BCUT2D eigenvalue weighted by Crippen LogP contribution is 2.52. The van der Waals surface area contributed by atoms with Crippen molar-refractivity contribution in [1.82, 2.24) is 0 Å². The Hall–Kier alpha value is -1.81. The summed E-state index contributed by atoms with van der Waals surface area (Å²) in [6.45, 7) is 9.82. The number of fused-ring (bicyclic) bond motifs is 2. The molecule has 3 rings (SSSR count). The van der Waals surface area contributed by atoms with Crippen LogP contribution in [0.4, 0.5) is 10.5 Å². The van der Waals surface area contributed by atoms with E-state index in [9.17, 15) is 4.79 Å². The molecule has 0 aromatic heterocycles. The van der Waals surface area contributed by atoms with Gasteiger partial charge in [0.2, 0.25) is 0 Å². The lowest BCUT2D eigenvalue weighted by Gasteiger charge is -2.54. The Kier molecular flexibility index (Phi) is 4.68. The Morgan fingerprint density at radius 2 is 2.00 bits per heavy atom. The zero-order chi connectivity index (χ0) is 17.3. The van der Waals surface area contributed by atoms with Crippen LogP contribution in [0.15, 0.2) is 42.0 Å². The highest BCUT2D eigenvalue weighted by molar-refractivity contribution is 5.84. The van der Waals surface area contributed by atoms with Crippen molar-refractivity contribution in [3.8, 4) is 0 Å². The van der Waals surface area contributed by atoms with E-state index in [-0.39, 0.29) is 11.5 Å². The smallest absolute Gasteiger partial charge is 0.411 e. The summed E-state index contributed by atoms with van der Waals surface area (Å²) in [5, 5.41) is 2.78. The van der Waals surface area contributed by atoms with Gasteiger partial charge in [-0.05, 0) is 37.8 Å². The van der Waals surface area contributed by atoms with E-state index in [1.165, 1.54) is 5.57 Å². The summed E-state index contributed by atoms with van der Waals surface area (Å²) in [7, 11) is 0. The summed E-state index contributed by atoms with van der Waals surface area (Å²) in [5.74, 6) is 1.14. The number of hydrogen-bond donors (Lipinski definition) is 1. The van der Waals surface area contributed by atoms with Crippen LogP contribution in [0.25, 0.3) is 0 Å². The molecule has 1 saturated heterocycles. The molecule has 4 nitrogen and oxygen atoms in total. The molecular formula is C20H27NO3. The predicted octanol–water partition coefficient (Wildman–Crippen LogP) is 4.49. The third-order valence-corrected chi connectivity index (χ3v) is 6.00. The third kappa shape index (κ3) is 2.95. The maximum absolute atomic E-state index is 12.2. The second-order valence-corrected chi connectivity index (χ2v) is 7.33. The number of anilines is 1. The van der Waals surface area contributed by atoms with E-state index in [4.69, 9.17) is 9.47 Å². The van der Waals surface area contributed by atoms with Gasteiger partial charge in [-0.3, -0.25) is 5.32 Å². The third-order valence-electron chi connectivity index (χ3n) is 6.00. The van der Waals surface area contributed by atoms with E-state index in [1.54, 1.807) is 0 Å². The normalized spacial score (nSPS) is 35.1. The summed E-state index contributed by atoms with van der Waals surface area (Å²) in [5.41, 5.74) is 1.99. The molecule has 1 amide bonds. The number of amides is 1. The fourth-order valence-electron chi connectivity index (χ4n) is 4.45. The van der Waals surface area contributed by atoms with E-state index in [2.05, 4.69) is 39.1 Å². The van der Waals surface area contributed by atoms with Gasteiger partial charge in [0.05, 0.1) is 12.7 Å². The first-order valence-corrected chi connectivity index (χ1v) is 8.73. The largest absolute Gasteiger partial charge is 0.449 e. The van der Waals surface area contributed by atoms with Crippen LogP contribution in [0.5, 0.6) is 0 Å². The molecule has 4 heteroatoms. The van der Waals surface area contributed by atoms with Crippen LogP contribution < -0.4 is 5.32 Å². The first-order valence-electron chi connectivity index (χ1n) is 8.73. The Morgan fingerprint density at radius 3 is 2.71 bits per heavy atom. The summed E-state index contributed by atoms with van der Waals surface area (Å²) in [6.07, 6.45) is 2.15. The van der Waals surface area contributed by atoms with Crippen molar-refractivity contribution in [2.24, 2.45) is 23.2 Å². The van der Waals surface area contributed by atoms with E-state index >= 15 is 0 Å². The van der Waals surface area contributed by atoms with Crippen molar-refractivity contribution in [1.29, 1.82) is 0 Å². The molecular weight excluding hydrogens is 302 g/mol. The number of para-hydroxylation sites is 1. The van der Waals surface area contributed by atoms with E-state index in [1.807, 2.05) is 30.3 Å². The van der Waals surface area contributed by atoms with Gasteiger partial charge in [0.1, 0.15) is 6.61 Å². The van der Waals surface area contributed by atoms with Crippen molar-refractivity contribution in [3.05, 3.63) is 42.0 Å². The molecule has 1 aliphatic carbocycles. The Bertz CT molecular complexity index is 627. The summed E-state index contributed by atoms with van der Waals surface area (Å²) >= 11 is 0. The van der Waals surface area contributed by atoms with Crippen LogP contribution in [0, 0.1) is 23.2 Å². The van der Waals surface area contributed by atoms with Gasteiger partial charge in [0.15, 0.2) is 0 Å². The van der Waals surface area contributed by atoms with E-state index in [0.717, 1.165) is 5.69 Å². The van der Waals surface area contributed by atoms with Gasteiger partial charge < -0.3 is 9.47 Å². The molecule has 1 aromatic rings. The van der Waals surface area contributed by atoms with Crippen LogP contribution in [0.2, 0.25) is 0 Å². The fourth-order valence-corrected chi connectivity index (χ4v) is 4.45. The molecule has 2 aliphatic rings. The summed E-state index contributed by atoms with van der Waals surface area (Å²) in [4.78, 5) is 12.2. The van der Waals surface area contributed by atoms with Crippen LogP contribution in [0.1, 0.15) is 27.7 Å². The van der Waals surface area contributed by atoms with E-state index in [0.29, 0.717) is 31.0 Å². The fraction of sp³-hybridized carbons (Fsp3) is 0.550. The van der Waals surface area contributed by atoms with Crippen molar-refractivity contribution < 1.29 is 14.3 Å². The Labute approximate surface area is 144 Å². The number of nitrogens with one attached hydrogen (secondary N) is 1. The molecule has 1 aromatic carbocycles. The topological polar surface area (TPSA) is 47.6 Å². The lowest BCUT2D eigenvalue weighted by molar-refractivity contribution is -0.156. The zero-order valence-corrected chi connectivity index (χ0v) is 14.9. The number of hydrogen-bond acceptors (Lipinski definition) is 3. The molecule has 2 bridgehead atoms. The van der Waals surface area contributed by atoms with Gasteiger partial charge in [0.25, 0.3) is 0 Å². The summed E-state index contributed by atoms with van der Waals surface area (Å²) in [6, 6.07) is 9.37. The second-order valence-electron chi connectivity index (χ2n) is 7.33. The number of carbonyl (C=O) groups is 1. The van der Waals surface area contributed by atoms with Gasteiger partial charge in [-0.25, -0.2) is 4.79 Å². The van der Waals surface area contributed by atoms with Gasteiger partial charge in [0, 0.05) is 17.0 Å². The highest BCUT2D eigenvalue weighted by atomic mass is 16.6. The maximum atomic E-state index is 12.2. The molecule has 1 fully saturated rings. The number of allylic oxidation sites excluding steroid dienone is 1. The molecule has 0 spiro atoms. The van der Waals surface area contributed by atoms with Gasteiger partial charge >= 0.3 is 6.09 Å². The van der Waals surface area contributed by atoms with Gasteiger partial charge in [-0.15, -0.1) is 0 Å². The van der Waals surface area contributed by atoms with E-state index < -0.39 is 6.09 Å². The first kappa shape index (κ1) is 17.0. The molecule has 24 heavy (non-hydrogen) atoms.